The molecule has 6 aromatic carbocycles. The summed E-state index contributed by atoms with van der Waals surface area (Å²) in [5.74, 6) is 0. The zero-order chi connectivity index (χ0) is 33.3. The molecule has 4 nitrogen and oxygen atoms in total. The summed E-state index contributed by atoms with van der Waals surface area (Å²) in [6, 6.07) is 62.1. The van der Waals surface area contributed by atoms with Crippen molar-refractivity contribution in [3.8, 4) is 39.3 Å². The number of hydrogen-bond donors (Lipinski definition) is 0. The molecule has 5 heteroatoms. The fraction of sp³-hybridized carbons (Fsp3) is 0. The predicted octanol–water partition coefficient (Wildman–Crippen LogP) is 11.8. The molecule has 10 aromatic rings. The molecule has 0 amide bonds. The number of nitrogens with zero attached hydrogens (tertiary/aromatic N) is 3. The molecule has 0 N–H and O–H groups in total. The van der Waals surface area contributed by atoms with Gasteiger partial charge >= 0.3 is 0 Å². The van der Waals surface area contributed by atoms with E-state index in [1.165, 1.54) is 10.8 Å². The van der Waals surface area contributed by atoms with Crippen LogP contribution in [0.25, 0.3) is 83.1 Å². The van der Waals surface area contributed by atoms with E-state index in [1.807, 2.05) is 79.0 Å². The Morgan fingerprint density at radius 1 is 0.490 bits per heavy atom. The van der Waals surface area contributed by atoms with Crippen LogP contribution in [0, 0.1) is 12.1 Å². The van der Waals surface area contributed by atoms with Crippen LogP contribution in [0.2, 0.25) is 0 Å². The molecule has 4 aromatic heterocycles. The first-order valence-corrected chi connectivity index (χ1v) is 16.6. The van der Waals surface area contributed by atoms with Crippen molar-refractivity contribution in [1.82, 2.24) is 14.5 Å². The van der Waals surface area contributed by atoms with E-state index in [1.54, 1.807) is 6.20 Å². The van der Waals surface area contributed by atoms with Gasteiger partial charge in [0.1, 0.15) is 11.2 Å². The average molecular weight is 832 g/mol. The van der Waals surface area contributed by atoms with Crippen molar-refractivity contribution in [3.05, 3.63) is 188 Å². The van der Waals surface area contributed by atoms with E-state index in [9.17, 15) is 0 Å². The largest absolute Gasteiger partial charge is 0.456 e. The number of benzene rings is 6. The van der Waals surface area contributed by atoms with Gasteiger partial charge in [0.15, 0.2) is 0 Å². The second-order valence-corrected chi connectivity index (χ2v) is 12.0. The Labute approximate surface area is 309 Å². The first kappa shape index (κ1) is 32.1. The van der Waals surface area contributed by atoms with Crippen molar-refractivity contribution in [3.63, 3.8) is 0 Å². The van der Waals surface area contributed by atoms with Crippen molar-refractivity contribution < 1.29 is 24.5 Å². The smallest absolute Gasteiger partial charge is 0.138 e. The van der Waals surface area contributed by atoms with Gasteiger partial charge in [-0.1, -0.05) is 72.8 Å². The van der Waals surface area contributed by atoms with E-state index in [0.29, 0.717) is 0 Å². The van der Waals surface area contributed by atoms with E-state index in [2.05, 4.69) is 113 Å². The van der Waals surface area contributed by atoms with Crippen LogP contribution >= 0.6 is 0 Å². The third-order valence-electron chi connectivity index (χ3n) is 9.00. The van der Waals surface area contributed by atoms with Crippen molar-refractivity contribution in [2.75, 3.05) is 0 Å². The number of aromatic nitrogens is 3. The fourth-order valence-electron chi connectivity index (χ4n) is 6.84. The Morgan fingerprint density at radius 3 is 1.90 bits per heavy atom. The monoisotopic (exact) mass is 832 g/mol. The molecule has 0 saturated carbocycles. The zero-order valence-corrected chi connectivity index (χ0v) is 29.7. The van der Waals surface area contributed by atoms with Crippen LogP contribution in [0.4, 0.5) is 0 Å². The molecule has 0 atom stereocenters. The summed E-state index contributed by atoms with van der Waals surface area (Å²) < 4.78 is 8.83. The molecule has 1 radical (unpaired) electrons. The number of rotatable bonds is 4. The van der Waals surface area contributed by atoms with Crippen LogP contribution in [-0.4, -0.2) is 14.5 Å². The summed E-state index contributed by atoms with van der Waals surface area (Å²) in [5, 5.41) is 4.65. The van der Waals surface area contributed by atoms with Crippen molar-refractivity contribution in [2.24, 2.45) is 0 Å². The van der Waals surface area contributed by atoms with E-state index in [-0.39, 0.29) is 20.1 Å². The zero-order valence-electron chi connectivity index (χ0n) is 27.3. The summed E-state index contributed by atoms with van der Waals surface area (Å²) >= 11 is 0. The van der Waals surface area contributed by atoms with Gasteiger partial charge in [-0.2, -0.15) is 0 Å². The molecule has 51 heavy (non-hydrogen) atoms. The number of furan rings is 1. The maximum absolute atomic E-state index is 6.49. The molecule has 0 unspecified atom stereocenters. The molecule has 245 valence electrons. The summed E-state index contributed by atoms with van der Waals surface area (Å²) in [6.07, 6.45) is 3.69. The minimum absolute atomic E-state index is 0. The molecular weight excluding hydrogens is 803 g/mol. The van der Waals surface area contributed by atoms with Gasteiger partial charge in [0, 0.05) is 71.4 Å². The van der Waals surface area contributed by atoms with Crippen LogP contribution in [0.3, 0.4) is 0 Å². The molecule has 4 heterocycles. The number of hydrogen-bond acceptors (Lipinski definition) is 3. The van der Waals surface area contributed by atoms with E-state index in [0.717, 1.165) is 72.3 Å². The van der Waals surface area contributed by atoms with Crippen LogP contribution < -0.4 is 0 Å². The molecule has 0 spiro atoms. The molecule has 0 fully saturated rings. The van der Waals surface area contributed by atoms with Gasteiger partial charge < -0.3 is 19.0 Å². The SMILES string of the molecule is [Ir].[c-]1ccccc1-c1cc(-c2c3c(cc4c2c2ccccc2n4-c2ccccc2)oc2ccccc23)ccn1.[c-]1ccccc1-c1ccccn1. The Kier molecular flexibility index (Phi) is 8.81. The van der Waals surface area contributed by atoms with Crippen molar-refractivity contribution in [1.29, 1.82) is 0 Å². The first-order valence-electron chi connectivity index (χ1n) is 16.6. The molecule has 0 bridgehead atoms. The Morgan fingerprint density at radius 2 is 1.16 bits per heavy atom. The van der Waals surface area contributed by atoms with Crippen molar-refractivity contribution in [2.45, 2.75) is 0 Å². The second kappa shape index (κ2) is 14.0. The van der Waals surface area contributed by atoms with Crippen molar-refractivity contribution >= 4 is 43.7 Å². The second-order valence-electron chi connectivity index (χ2n) is 12.0. The maximum atomic E-state index is 6.49. The molecule has 0 aliphatic heterocycles. The number of para-hydroxylation sites is 3. The Bertz CT molecular complexity index is 2700. The van der Waals surface area contributed by atoms with Gasteiger partial charge in [-0.05, 0) is 53.3 Å². The quantitative estimate of drug-likeness (QED) is 0.166. The minimum Gasteiger partial charge on any atom is -0.456 e. The normalized spacial score (nSPS) is 11.0. The summed E-state index contributed by atoms with van der Waals surface area (Å²) in [5.41, 5.74) is 11.3. The van der Waals surface area contributed by atoms with Gasteiger partial charge in [-0.3, -0.25) is 0 Å². The van der Waals surface area contributed by atoms with Crippen LogP contribution in [0.5, 0.6) is 0 Å². The average Bonchev–Trinajstić information content (AvgIpc) is 3.74. The van der Waals surface area contributed by atoms with Gasteiger partial charge in [0.05, 0.1) is 11.0 Å². The van der Waals surface area contributed by atoms with Crippen LogP contribution in [-0.2, 0) is 20.1 Å². The maximum Gasteiger partial charge on any atom is 0.138 e. The third-order valence-corrected chi connectivity index (χ3v) is 9.00. The first-order chi connectivity index (χ1) is 24.8. The van der Waals surface area contributed by atoms with Gasteiger partial charge in [0.2, 0.25) is 0 Å². The number of fused-ring (bicyclic) bond motifs is 6. The van der Waals surface area contributed by atoms with Gasteiger partial charge in [0.25, 0.3) is 0 Å². The molecule has 10 rings (SSSR count). The number of pyridine rings is 2. The van der Waals surface area contributed by atoms with E-state index in [4.69, 9.17) is 9.40 Å². The van der Waals surface area contributed by atoms with E-state index >= 15 is 0 Å². The topological polar surface area (TPSA) is 43.9 Å². The van der Waals surface area contributed by atoms with Gasteiger partial charge in [-0.15, -0.1) is 71.8 Å². The summed E-state index contributed by atoms with van der Waals surface area (Å²) in [7, 11) is 0. The molecule has 0 saturated heterocycles. The van der Waals surface area contributed by atoms with Gasteiger partial charge in [-0.25, -0.2) is 0 Å². The Balaban J connectivity index is 0.000000245. The molecule has 0 aliphatic rings. The Hall–Kier alpha value is -6.13. The standard InChI is InChI=1S/C35H21N2O.C11H8N.Ir/c1-3-11-23(12-4-1)28-21-24(19-20-36-28)33-34-26-15-7-9-17-29(26)37(25-13-5-2-6-14-25)30(34)22-32-35(33)27-16-8-10-18-31(27)38-32;1-2-6-10(7-3-1)11-8-4-5-9-12-11;/h1-11,13-22H;1-6,8-9H;/q2*-1;. The predicted molar refractivity (Wildman–Crippen MR) is 204 cm³/mol. The van der Waals surface area contributed by atoms with Crippen LogP contribution in [0.15, 0.2) is 181 Å². The summed E-state index contributed by atoms with van der Waals surface area (Å²) in [4.78, 5) is 8.92. The fourth-order valence-corrected chi connectivity index (χ4v) is 6.84. The summed E-state index contributed by atoms with van der Waals surface area (Å²) in [6.45, 7) is 0. The minimum atomic E-state index is 0. The molecular formula is C46H29IrN3O-2. The third kappa shape index (κ3) is 5.93. The van der Waals surface area contributed by atoms with Crippen LogP contribution in [0.1, 0.15) is 0 Å². The van der Waals surface area contributed by atoms with E-state index < -0.39 is 0 Å². The molecule has 0 aliphatic carbocycles.